The molecule has 3 amide bonds. The summed E-state index contributed by atoms with van der Waals surface area (Å²) in [6.45, 7) is -0.564. The first kappa shape index (κ1) is 30.6. The Bertz CT molecular complexity index is 1520. The van der Waals surface area contributed by atoms with Crippen LogP contribution >= 0.6 is 59.4 Å². The Balaban J connectivity index is 1.37. The fourth-order valence-electron chi connectivity index (χ4n) is 4.98. The average Bonchev–Trinajstić information content (AvgIpc) is 3.20. The molecular weight excluding hydrogens is 760 g/mol. The van der Waals surface area contributed by atoms with Gasteiger partial charge in [-0.25, -0.2) is 9.80 Å². The number of esters is 1. The number of fused-ring (bicyclic) bond motifs is 1. The maximum atomic E-state index is 13.7. The Morgan fingerprint density at radius 1 is 0.786 bits per heavy atom. The number of nitrogens with zero attached hydrogens (tertiary/aromatic N) is 2. The Kier molecular flexibility index (Phi) is 9.31. The molecule has 5 rings (SSSR count). The number of hydrazine groups is 1. The van der Waals surface area contributed by atoms with Gasteiger partial charge in [0, 0.05) is 30.3 Å². The standard InChI is InChI=1S/C30H22Br3ClN2O6/c31-19-7-1-18(2-8-19)30(41)42-21-11-5-16(6-12-21)26(37)15-35(27(38)17-3-9-20(34)10-4-17)36-28(39)22-13-24(32)25(33)14-23(22)29(36)40/h1-12,22-25H,13-15H2/t22-,23+,24+,25-. The van der Waals surface area contributed by atoms with Crippen LogP contribution in [0, 0.1) is 11.8 Å². The molecule has 1 aliphatic heterocycles. The van der Waals surface area contributed by atoms with Gasteiger partial charge in [0.2, 0.25) is 0 Å². The minimum atomic E-state index is -0.689. The van der Waals surface area contributed by atoms with Crippen LogP contribution in [0.4, 0.5) is 0 Å². The fourth-order valence-corrected chi connectivity index (χ4v) is 6.61. The largest absolute Gasteiger partial charge is 0.423 e. The number of hydrogen-bond acceptors (Lipinski definition) is 6. The molecule has 1 saturated carbocycles. The Morgan fingerprint density at radius 3 is 1.83 bits per heavy atom. The summed E-state index contributed by atoms with van der Waals surface area (Å²) >= 11 is 16.4. The molecule has 216 valence electrons. The molecule has 1 aliphatic carbocycles. The van der Waals surface area contributed by atoms with E-state index in [-0.39, 0.29) is 26.5 Å². The number of hydrogen-bond donors (Lipinski definition) is 0. The quantitative estimate of drug-likeness (QED) is 0.0895. The third kappa shape index (κ3) is 6.39. The van der Waals surface area contributed by atoms with Gasteiger partial charge >= 0.3 is 5.97 Å². The molecule has 1 saturated heterocycles. The lowest BCUT2D eigenvalue weighted by Crippen LogP contribution is -2.52. The summed E-state index contributed by atoms with van der Waals surface area (Å²) in [5, 5.41) is 2.16. The molecule has 0 bridgehead atoms. The second-order valence-corrected chi connectivity index (χ2v) is 13.6. The SMILES string of the molecule is O=C(CN(C(=O)c1ccc(Cl)cc1)N1C(=O)[C@H]2C[C@@H](Br)[C@@H](Br)C[C@H]2C1=O)c1ccc(OC(=O)c2ccc(Br)cc2)cc1. The summed E-state index contributed by atoms with van der Waals surface area (Å²) < 4.78 is 6.22. The smallest absolute Gasteiger partial charge is 0.343 e. The summed E-state index contributed by atoms with van der Waals surface area (Å²) in [6, 6.07) is 18.5. The van der Waals surface area contributed by atoms with E-state index in [0.29, 0.717) is 23.4 Å². The Hall–Kier alpha value is -2.86. The molecule has 3 aromatic rings. The van der Waals surface area contributed by atoms with Crippen LogP contribution in [0.25, 0.3) is 0 Å². The lowest BCUT2D eigenvalue weighted by Gasteiger charge is -2.30. The fraction of sp³-hybridized carbons (Fsp3) is 0.233. The predicted octanol–water partition coefficient (Wildman–Crippen LogP) is 6.48. The number of imide groups is 1. The molecule has 0 spiro atoms. The van der Waals surface area contributed by atoms with Crippen molar-refractivity contribution >= 4 is 88.9 Å². The Morgan fingerprint density at radius 2 is 1.29 bits per heavy atom. The van der Waals surface area contributed by atoms with E-state index >= 15 is 0 Å². The molecule has 8 nitrogen and oxygen atoms in total. The number of carbonyl (C=O) groups excluding carboxylic acids is 5. The zero-order valence-electron chi connectivity index (χ0n) is 21.7. The van der Waals surface area contributed by atoms with Crippen LogP contribution in [0.15, 0.2) is 77.3 Å². The molecule has 0 N–H and O–H groups in total. The second kappa shape index (κ2) is 12.8. The van der Waals surface area contributed by atoms with Gasteiger partial charge in [-0.05, 0) is 85.6 Å². The molecule has 0 aromatic heterocycles. The van der Waals surface area contributed by atoms with Crippen LogP contribution < -0.4 is 4.74 Å². The van der Waals surface area contributed by atoms with Gasteiger partial charge < -0.3 is 4.74 Å². The van der Waals surface area contributed by atoms with Crippen molar-refractivity contribution in [2.24, 2.45) is 11.8 Å². The first-order valence-corrected chi connectivity index (χ1v) is 15.9. The molecule has 3 aromatic carbocycles. The van der Waals surface area contributed by atoms with Crippen molar-refractivity contribution in [3.05, 3.63) is 99.0 Å². The zero-order valence-corrected chi connectivity index (χ0v) is 27.2. The summed E-state index contributed by atoms with van der Waals surface area (Å²) in [5.41, 5.74) is 0.715. The van der Waals surface area contributed by atoms with Gasteiger partial charge in [-0.2, -0.15) is 5.01 Å². The van der Waals surface area contributed by atoms with Crippen LogP contribution in [-0.2, 0) is 9.59 Å². The van der Waals surface area contributed by atoms with E-state index in [1.54, 1.807) is 24.3 Å². The van der Waals surface area contributed by atoms with Crippen molar-refractivity contribution in [1.82, 2.24) is 10.0 Å². The number of benzene rings is 3. The predicted molar refractivity (Wildman–Crippen MR) is 166 cm³/mol. The van der Waals surface area contributed by atoms with Crippen molar-refractivity contribution in [3.63, 3.8) is 0 Å². The van der Waals surface area contributed by atoms with Gasteiger partial charge in [0.1, 0.15) is 12.3 Å². The van der Waals surface area contributed by atoms with Crippen LogP contribution in [-0.4, -0.2) is 55.7 Å². The van der Waals surface area contributed by atoms with Crippen molar-refractivity contribution in [3.8, 4) is 5.75 Å². The molecule has 2 fully saturated rings. The van der Waals surface area contributed by atoms with Crippen molar-refractivity contribution in [2.45, 2.75) is 22.5 Å². The zero-order chi connectivity index (χ0) is 30.1. The highest BCUT2D eigenvalue weighted by atomic mass is 79.9. The van der Waals surface area contributed by atoms with Crippen molar-refractivity contribution < 1.29 is 28.7 Å². The summed E-state index contributed by atoms with van der Waals surface area (Å²) in [5.74, 6) is -3.79. The van der Waals surface area contributed by atoms with Gasteiger partial charge in [0.25, 0.3) is 17.7 Å². The lowest BCUT2D eigenvalue weighted by atomic mass is 9.81. The number of carbonyl (C=O) groups is 5. The topological polar surface area (TPSA) is 101 Å². The van der Waals surface area contributed by atoms with Gasteiger partial charge in [-0.3, -0.25) is 19.2 Å². The summed E-state index contributed by atoms with van der Waals surface area (Å²) in [6.07, 6.45) is 0.831. The number of ether oxygens (including phenoxy) is 1. The van der Waals surface area contributed by atoms with Crippen LogP contribution in [0.3, 0.4) is 0 Å². The molecule has 12 heteroatoms. The minimum absolute atomic E-state index is 0.0196. The normalized spacial score (nSPS) is 21.6. The van der Waals surface area contributed by atoms with E-state index in [0.717, 1.165) is 14.5 Å². The van der Waals surface area contributed by atoms with E-state index in [1.807, 2.05) is 0 Å². The molecular formula is C30H22Br3ClN2O6. The van der Waals surface area contributed by atoms with Gasteiger partial charge in [-0.1, -0.05) is 59.4 Å². The Labute approximate surface area is 271 Å². The van der Waals surface area contributed by atoms with E-state index in [9.17, 15) is 24.0 Å². The molecule has 0 radical (unpaired) electrons. The maximum absolute atomic E-state index is 13.7. The third-order valence-corrected chi connectivity index (χ3v) is 10.7. The van der Waals surface area contributed by atoms with Crippen molar-refractivity contribution in [1.29, 1.82) is 0 Å². The lowest BCUT2D eigenvalue weighted by molar-refractivity contribution is -0.154. The van der Waals surface area contributed by atoms with Crippen LogP contribution in [0.5, 0.6) is 5.75 Å². The highest BCUT2D eigenvalue weighted by Gasteiger charge is 2.54. The van der Waals surface area contributed by atoms with E-state index in [2.05, 4.69) is 47.8 Å². The van der Waals surface area contributed by atoms with Crippen LogP contribution in [0.1, 0.15) is 43.9 Å². The molecule has 42 heavy (non-hydrogen) atoms. The van der Waals surface area contributed by atoms with Crippen molar-refractivity contribution in [2.75, 3.05) is 6.54 Å². The van der Waals surface area contributed by atoms with Crippen LogP contribution in [0.2, 0.25) is 5.02 Å². The second-order valence-electron chi connectivity index (χ2n) is 9.92. The summed E-state index contributed by atoms with van der Waals surface area (Å²) in [4.78, 5) is 66.6. The average molecular weight is 782 g/mol. The first-order chi connectivity index (χ1) is 20.0. The number of ketones is 1. The number of halogens is 4. The van der Waals surface area contributed by atoms with Gasteiger partial charge in [0.05, 0.1) is 17.4 Å². The minimum Gasteiger partial charge on any atom is -0.423 e. The van der Waals surface area contributed by atoms with Gasteiger partial charge in [-0.15, -0.1) is 0 Å². The highest BCUT2D eigenvalue weighted by Crippen LogP contribution is 2.43. The third-order valence-electron chi connectivity index (χ3n) is 7.22. The summed E-state index contributed by atoms with van der Waals surface area (Å²) in [7, 11) is 0. The molecule has 4 atom stereocenters. The molecule has 0 unspecified atom stereocenters. The van der Waals surface area contributed by atoms with Gasteiger partial charge in [0.15, 0.2) is 5.78 Å². The van der Waals surface area contributed by atoms with E-state index in [4.69, 9.17) is 16.3 Å². The number of Topliss-reactive ketones (excluding diaryl/α,β-unsaturated/α-hetero) is 1. The first-order valence-electron chi connectivity index (χ1n) is 12.9. The number of alkyl halides is 2. The maximum Gasteiger partial charge on any atom is 0.343 e. The number of amides is 3. The molecule has 2 aliphatic rings. The number of rotatable bonds is 7. The van der Waals surface area contributed by atoms with E-state index in [1.165, 1.54) is 48.5 Å². The molecule has 1 heterocycles. The van der Waals surface area contributed by atoms with E-state index < -0.39 is 47.9 Å². The highest BCUT2D eigenvalue weighted by molar-refractivity contribution is 9.12. The monoisotopic (exact) mass is 778 g/mol.